The summed E-state index contributed by atoms with van der Waals surface area (Å²) in [5.41, 5.74) is 5.53. The van der Waals surface area contributed by atoms with E-state index in [9.17, 15) is 4.79 Å². The monoisotopic (exact) mass is 334 g/mol. The molecule has 5 rings (SSSR count). The second-order valence-corrected chi connectivity index (χ2v) is 6.04. The molecular formula is C19H14N2O4. The van der Waals surface area contributed by atoms with Crippen LogP contribution in [-0.2, 0) is 0 Å². The highest BCUT2D eigenvalue weighted by Gasteiger charge is 2.25. The number of nitrogens with one attached hydrogen (secondary N) is 1. The van der Waals surface area contributed by atoms with Crippen LogP contribution in [-0.4, -0.2) is 12.5 Å². The highest BCUT2D eigenvalue weighted by Crippen LogP contribution is 2.36. The smallest absolute Gasteiger partial charge is 0.345 e. The number of fused-ring (bicyclic) bond motifs is 2. The van der Waals surface area contributed by atoms with Crippen LogP contribution in [0.1, 0.15) is 23.6 Å². The maximum Gasteiger partial charge on any atom is 0.345 e. The van der Waals surface area contributed by atoms with E-state index in [1.807, 2.05) is 42.5 Å². The Morgan fingerprint density at radius 1 is 1.04 bits per heavy atom. The average molecular weight is 334 g/mol. The van der Waals surface area contributed by atoms with Gasteiger partial charge >= 0.3 is 5.63 Å². The van der Waals surface area contributed by atoms with Gasteiger partial charge in [0.25, 0.3) is 0 Å². The Labute approximate surface area is 142 Å². The van der Waals surface area contributed by atoms with Crippen molar-refractivity contribution < 1.29 is 13.9 Å². The summed E-state index contributed by atoms with van der Waals surface area (Å²) in [6, 6.07) is 15.1. The van der Waals surface area contributed by atoms with Crippen molar-refractivity contribution in [3.05, 3.63) is 70.1 Å². The minimum absolute atomic E-state index is 0.0182. The third kappa shape index (κ3) is 2.34. The SMILES string of the molecule is O=c1oc2ccccc2cc1C1=NN[C@@H](c2ccc3c(c2)OCO3)C1. The highest BCUT2D eigenvalue weighted by molar-refractivity contribution is 6.03. The summed E-state index contributed by atoms with van der Waals surface area (Å²) in [7, 11) is 0. The Balaban J connectivity index is 1.45. The molecule has 3 aromatic rings. The number of hydrogen-bond acceptors (Lipinski definition) is 6. The van der Waals surface area contributed by atoms with Crippen LogP contribution in [0.3, 0.4) is 0 Å². The van der Waals surface area contributed by atoms with Crippen LogP contribution in [0.15, 0.2) is 62.8 Å². The lowest BCUT2D eigenvalue weighted by molar-refractivity contribution is 0.174. The summed E-state index contributed by atoms with van der Waals surface area (Å²) in [5.74, 6) is 1.48. The molecule has 0 saturated heterocycles. The van der Waals surface area contributed by atoms with Gasteiger partial charge in [0.05, 0.1) is 17.3 Å². The molecule has 0 fully saturated rings. The average Bonchev–Trinajstić information content (AvgIpc) is 3.29. The van der Waals surface area contributed by atoms with E-state index in [4.69, 9.17) is 13.9 Å². The number of hydrazone groups is 1. The molecule has 1 atom stereocenters. The molecule has 0 amide bonds. The molecule has 1 aromatic heterocycles. The maximum absolute atomic E-state index is 12.3. The maximum atomic E-state index is 12.3. The van der Waals surface area contributed by atoms with Gasteiger partial charge in [-0.1, -0.05) is 24.3 Å². The lowest BCUT2D eigenvalue weighted by Gasteiger charge is -2.10. The van der Waals surface area contributed by atoms with Gasteiger partial charge < -0.3 is 19.3 Å². The normalized spacial score (nSPS) is 18.2. The van der Waals surface area contributed by atoms with Crippen molar-refractivity contribution in [2.24, 2.45) is 5.10 Å². The van der Waals surface area contributed by atoms with Crippen LogP contribution in [0, 0.1) is 0 Å². The van der Waals surface area contributed by atoms with Crippen molar-refractivity contribution >= 4 is 16.7 Å². The van der Waals surface area contributed by atoms with E-state index < -0.39 is 0 Å². The van der Waals surface area contributed by atoms with Gasteiger partial charge in [0.15, 0.2) is 11.5 Å². The molecule has 3 heterocycles. The quantitative estimate of drug-likeness (QED) is 0.730. The van der Waals surface area contributed by atoms with Crippen LogP contribution in [0.2, 0.25) is 0 Å². The van der Waals surface area contributed by atoms with Crippen LogP contribution >= 0.6 is 0 Å². The van der Waals surface area contributed by atoms with Gasteiger partial charge in [0.1, 0.15) is 5.58 Å². The molecule has 25 heavy (non-hydrogen) atoms. The molecule has 6 nitrogen and oxygen atoms in total. The predicted molar refractivity (Wildman–Crippen MR) is 92.1 cm³/mol. The van der Waals surface area contributed by atoms with Gasteiger partial charge in [-0.15, -0.1) is 0 Å². The summed E-state index contributed by atoms with van der Waals surface area (Å²) in [6.07, 6.45) is 0.600. The first-order valence-electron chi connectivity index (χ1n) is 8.03. The molecule has 2 aliphatic rings. The number of para-hydroxylation sites is 1. The van der Waals surface area contributed by atoms with Crippen LogP contribution < -0.4 is 20.5 Å². The summed E-state index contributed by atoms with van der Waals surface area (Å²) in [4.78, 5) is 12.3. The number of ether oxygens (including phenoxy) is 2. The zero-order valence-electron chi connectivity index (χ0n) is 13.2. The third-order valence-corrected chi connectivity index (χ3v) is 4.50. The molecule has 0 radical (unpaired) electrons. The Morgan fingerprint density at radius 2 is 1.92 bits per heavy atom. The van der Waals surface area contributed by atoms with Crippen molar-refractivity contribution in [1.82, 2.24) is 5.43 Å². The lowest BCUT2D eigenvalue weighted by atomic mass is 9.99. The van der Waals surface area contributed by atoms with Crippen LogP contribution in [0.5, 0.6) is 11.5 Å². The minimum atomic E-state index is -0.370. The summed E-state index contributed by atoms with van der Waals surface area (Å²) in [5, 5.41) is 5.24. The molecule has 124 valence electrons. The molecule has 0 saturated carbocycles. The van der Waals surface area contributed by atoms with E-state index >= 15 is 0 Å². The number of rotatable bonds is 2. The molecule has 0 unspecified atom stereocenters. The van der Waals surface area contributed by atoms with Gasteiger partial charge in [-0.25, -0.2) is 4.79 Å². The lowest BCUT2D eigenvalue weighted by Crippen LogP contribution is -2.14. The molecule has 0 bridgehead atoms. The Kier molecular flexibility index (Phi) is 3.03. The highest BCUT2D eigenvalue weighted by atomic mass is 16.7. The molecule has 1 N–H and O–H groups in total. The first kappa shape index (κ1) is 14.1. The number of nitrogens with zero attached hydrogens (tertiary/aromatic N) is 1. The third-order valence-electron chi connectivity index (χ3n) is 4.50. The summed E-state index contributed by atoms with van der Waals surface area (Å²) >= 11 is 0. The topological polar surface area (TPSA) is 73.1 Å². The Morgan fingerprint density at radius 3 is 2.88 bits per heavy atom. The molecule has 0 spiro atoms. The second kappa shape index (κ2) is 5.37. The summed E-state index contributed by atoms with van der Waals surface area (Å²) < 4.78 is 16.2. The Hall–Kier alpha value is -3.28. The van der Waals surface area contributed by atoms with E-state index in [1.54, 1.807) is 6.07 Å². The fraction of sp³-hybridized carbons (Fsp3) is 0.158. The van der Waals surface area contributed by atoms with E-state index in [1.165, 1.54) is 0 Å². The molecule has 0 aliphatic carbocycles. The van der Waals surface area contributed by atoms with E-state index in [0.29, 0.717) is 23.3 Å². The Bertz CT molecular complexity index is 1070. The van der Waals surface area contributed by atoms with Gasteiger partial charge in [-0.3, -0.25) is 0 Å². The largest absolute Gasteiger partial charge is 0.454 e. The van der Waals surface area contributed by atoms with Crippen LogP contribution in [0.25, 0.3) is 11.0 Å². The molecule has 2 aliphatic heterocycles. The van der Waals surface area contributed by atoms with Crippen LogP contribution in [0.4, 0.5) is 0 Å². The van der Waals surface area contributed by atoms with Crippen molar-refractivity contribution in [1.29, 1.82) is 0 Å². The molecular weight excluding hydrogens is 320 g/mol. The van der Waals surface area contributed by atoms with Crippen molar-refractivity contribution in [3.63, 3.8) is 0 Å². The van der Waals surface area contributed by atoms with Gasteiger partial charge in [-0.05, 0) is 29.8 Å². The number of hydrogen-bond donors (Lipinski definition) is 1. The fourth-order valence-electron chi connectivity index (χ4n) is 3.20. The van der Waals surface area contributed by atoms with Gasteiger partial charge in [0.2, 0.25) is 6.79 Å². The zero-order valence-corrected chi connectivity index (χ0v) is 13.2. The molecule has 6 heteroatoms. The molecule has 2 aromatic carbocycles. The minimum Gasteiger partial charge on any atom is -0.454 e. The van der Waals surface area contributed by atoms with Gasteiger partial charge in [-0.2, -0.15) is 5.10 Å². The second-order valence-electron chi connectivity index (χ2n) is 6.04. The summed E-state index contributed by atoms with van der Waals surface area (Å²) in [6.45, 7) is 0.247. The van der Waals surface area contributed by atoms with Crippen molar-refractivity contribution in [2.45, 2.75) is 12.5 Å². The van der Waals surface area contributed by atoms with Gasteiger partial charge in [0, 0.05) is 11.8 Å². The van der Waals surface area contributed by atoms with Crippen molar-refractivity contribution in [3.8, 4) is 11.5 Å². The standard InChI is InChI=1S/C19H14N2O4/c22-19-13(7-12-3-1-2-4-16(12)25-19)15-9-14(20-21-15)11-5-6-17-18(8-11)24-10-23-17/h1-8,14,20H,9-10H2/t14-/m1/s1. The first-order chi connectivity index (χ1) is 12.3. The fourth-order valence-corrected chi connectivity index (χ4v) is 3.20. The van der Waals surface area contributed by atoms with E-state index in [0.717, 1.165) is 22.4 Å². The predicted octanol–water partition coefficient (Wildman–Crippen LogP) is 2.96. The van der Waals surface area contributed by atoms with E-state index in [-0.39, 0.29) is 18.5 Å². The number of benzene rings is 2. The van der Waals surface area contributed by atoms with E-state index in [2.05, 4.69) is 10.5 Å². The first-order valence-corrected chi connectivity index (χ1v) is 8.03. The zero-order chi connectivity index (χ0) is 16.8. The van der Waals surface area contributed by atoms with Crippen molar-refractivity contribution in [2.75, 3.05) is 6.79 Å².